The first-order valence-electron chi connectivity index (χ1n) is 4.41. The molecule has 0 aromatic heterocycles. The van der Waals surface area contributed by atoms with Crippen LogP contribution in [0.25, 0.3) is 0 Å². The number of hydrogen-bond donors (Lipinski definition) is 2. The maximum absolute atomic E-state index is 7.52. The Morgan fingerprint density at radius 2 is 1.92 bits per heavy atom. The van der Waals surface area contributed by atoms with Gasteiger partial charge in [0.25, 0.3) is 0 Å². The molecule has 0 aliphatic rings. The van der Waals surface area contributed by atoms with Gasteiger partial charge in [0, 0.05) is 5.71 Å². The zero-order valence-corrected chi connectivity index (χ0v) is 8.17. The summed E-state index contributed by atoms with van der Waals surface area (Å²) in [7, 11) is 0. The lowest BCUT2D eigenvalue weighted by molar-refractivity contribution is 0.615. The first-order valence-corrected chi connectivity index (χ1v) is 4.41. The lowest BCUT2D eigenvalue weighted by atomic mass is 9.90. The maximum Gasteiger partial charge on any atom is 0.0546 e. The fourth-order valence-electron chi connectivity index (χ4n) is 1.15. The van der Waals surface area contributed by atoms with E-state index < -0.39 is 5.54 Å². The van der Waals surface area contributed by atoms with Gasteiger partial charge in [-0.2, -0.15) is 0 Å². The van der Waals surface area contributed by atoms with Crippen molar-refractivity contribution < 1.29 is 0 Å². The summed E-state index contributed by atoms with van der Waals surface area (Å²) in [6.45, 7) is 3.64. The Morgan fingerprint density at radius 3 is 2.38 bits per heavy atom. The van der Waals surface area contributed by atoms with Crippen LogP contribution in [0.3, 0.4) is 0 Å². The van der Waals surface area contributed by atoms with Crippen molar-refractivity contribution in [3.05, 3.63) is 35.9 Å². The van der Waals surface area contributed by atoms with E-state index in [0.29, 0.717) is 5.71 Å². The lowest BCUT2D eigenvalue weighted by Crippen LogP contribution is -2.45. The third-order valence-electron chi connectivity index (χ3n) is 2.27. The van der Waals surface area contributed by atoms with Crippen LogP contribution in [0.4, 0.5) is 0 Å². The van der Waals surface area contributed by atoms with Crippen molar-refractivity contribution in [1.29, 1.82) is 5.41 Å². The molecule has 0 aliphatic carbocycles. The van der Waals surface area contributed by atoms with E-state index in [1.54, 1.807) is 6.92 Å². The van der Waals surface area contributed by atoms with E-state index in [1.807, 2.05) is 37.3 Å². The molecule has 1 rings (SSSR count). The van der Waals surface area contributed by atoms with Crippen LogP contribution < -0.4 is 5.73 Å². The average Bonchev–Trinajstić information content (AvgIpc) is 2.05. The summed E-state index contributed by atoms with van der Waals surface area (Å²) in [6, 6.07) is 10.0. The van der Waals surface area contributed by atoms with Gasteiger partial charge in [-0.1, -0.05) is 30.3 Å². The molecule has 1 aromatic rings. The third kappa shape index (κ3) is 2.67. The van der Waals surface area contributed by atoms with E-state index in [1.165, 1.54) is 5.56 Å². The first kappa shape index (κ1) is 9.93. The average molecular weight is 176 g/mol. The van der Waals surface area contributed by atoms with Gasteiger partial charge in [-0.25, -0.2) is 0 Å². The van der Waals surface area contributed by atoms with Gasteiger partial charge >= 0.3 is 0 Å². The Kier molecular flexibility index (Phi) is 2.83. The zero-order chi connectivity index (χ0) is 9.90. The van der Waals surface area contributed by atoms with Crippen LogP contribution in [0, 0.1) is 5.41 Å². The molecule has 0 saturated carbocycles. The van der Waals surface area contributed by atoms with Gasteiger partial charge in [0.2, 0.25) is 0 Å². The second kappa shape index (κ2) is 3.71. The minimum Gasteiger partial charge on any atom is -0.320 e. The molecule has 0 heterocycles. The normalized spacial score (nSPS) is 15.0. The van der Waals surface area contributed by atoms with Crippen LogP contribution >= 0.6 is 0 Å². The molecule has 1 atom stereocenters. The van der Waals surface area contributed by atoms with Crippen molar-refractivity contribution in [2.24, 2.45) is 5.73 Å². The largest absolute Gasteiger partial charge is 0.320 e. The molecule has 3 N–H and O–H groups in total. The van der Waals surface area contributed by atoms with E-state index in [4.69, 9.17) is 11.1 Å². The highest BCUT2D eigenvalue weighted by molar-refractivity contribution is 5.88. The Labute approximate surface area is 79.3 Å². The SMILES string of the molecule is CC(=N)C(C)(N)Cc1ccccc1. The van der Waals surface area contributed by atoms with Gasteiger partial charge in [-0.15, -0.1) is 0 Å². The van der Waals surface area contributed by atoms with Crippen molar-refractivity contribution in [3.63, 3.8) is 0 Å². The van der Waals surface area contributed by atoms with E-state index >= 15 is 0 Å². The Morgan fingerprint density at radius 1 is 1.38 bits per heavy atom. The molecule has 0 aliphatic heterocycles. The van der Waals surface area contributed by atoms with Crippen molar-refractivity contribution in [3.8, 4) is 0 Å². The van der Waals surface area contributed by atoms with Gasteiger partial charge in [0.05, 0.1) is 5.54 Å². The monoisotopic (exact) mass is 176 g/mol. The maximum atomic E-state index is 7.52. The van der Waals surface area contributed by atoms with Crippen molar-refractivity contribution >= 4 is 5.71 Å². The highest BCUT2D eigenvalue weighted by Gasteiger charge is 2.20. The van der Waals surface area contributed by atoms with E-state index in [2.05, 4.69) is 0 Å². The molecular formula is C11H16N2. The summed E-state index contributed by atoms with van der Waals surface area (Å²) in [6.07, 6.45) is 0.725. The van der Waals surface area contributed by atoms with Crippen LogP contribution in [0.1, 0.15) is 19.4 Å². The predicted molar refractivity (Wildman–Crippen MR) is 56.1 cm³/mol. The summed E-state index contributed by atoms with van der Waals surface area (Å²) in [5, 5.41) is 7.52. The summed E-state index contributed by atoms with van der Waals surface area (Å²) in [5.74, 6) is 0. The molecule has 0 saturated heterocycles. The predicted octanol–water partition coefficient (Wildman–Crippen LogP) is 1.99. The van der Waals surface area contributed by atoms with Gasteiger partial charge in [0.15, 0.2) is 0 Å². The zero-order valence-electron chi connectivity index (χ0n) is 8.17. The Balaban J connectivity index is 2.75. The second-order valence-corrected chi connectivity index (χ2v) is 3.70. The number of rotatable bonds is 3. The Hall–Kier alpha value is -1.15. The van der Waals surface area contributed by atoms with Crippen LogP contribution in [-0.4, -0.2) is 11.3 Å². The van der Waals surface area contributed by atoms with E-state index in [9.17, 15) is 0 Å². The van der Waals surface area contributed by atoms with Gasteiger partial charge in [-0.05, 0) is 25.8 Å². The van der Waals surface area contributed by atoms with Crippen LogP contribution in [0.15, 0.2) is 30.3 Å². The molecule has 0 spiro atoms. The highest BCUT2D eigenvalue weighted by Crippen LogP contribution is 2.11. The molecule has 1 aromatic carbocycles. The number of nitrogens with two attached hydrogens (primary N) is 1. The van der Waals surface area contributed by atoms with E-state index in [-0.39, 0.29) is 0 Å². The molecule has 0 bridgehead atoms. The van der Waals surface area contributed by atoms with Crippen LogP contribution in [0.5, 0.6) is 0 Å². The molecule has 70 valence electrons. The fourth-order valence-corrected chi connectivity index (χ4v) is 1.15. The van der Waals surface area contributed by atoms with Crippen molar-refractivity contribution in [2.45, 2.75) is 25.8 Å². The van der Waals surface area contributed by atoms with Crippen molar-refractivity contribution in [1.82, 2.24) is 0 Å². The van der Waals surface area contributed by atoms with E-state index in [0.717, 1.165) is 6.42 Å². The summed E-state index contributed by atoms with van der Waals surface area (Å²) >= 11 is 0. The quantitative estimate of drug-likeness (QED) is 0.680. The first-order chi connectivity index (χ1) is 6.02. The van der Waals surface area contributed by atoms with Crippen LogP contribution in [-0.2, 0) is 6.42 Å². The lowest BCUT2D eigenvalue weighted by Gasteiger charge is -2.23. The summed E-state index contributed by atoms with van der Waals surface area (Å²) < 4.78 is 0. The summed E-state index contributed by atoms with van der Waals surface area (Å²) in [4.78, 5) is 0. The molecule has 0 amide bonds. The molecule has 13 heavy (non-hydrogen) atoms. The smallest absolute Gasteiger partial charge is 0.0546 e. The number of hydrogen-bond acceptors (Lipinski definition) is 2. The Bertz CT molecular complexity index is 288. The molecule has 0 radical (unpaired) electrons. The van der Waals surface area contributed by atoms with Gasteiger partial charge in [0.1, 0.15) is 0 Å². The third-order valence-corrected chi connectivity index (χ3v) is 2.27. The number of nitrogens with one attached hydrogen (secondary N) is 1. The molecule has 0 fully saturated rings. The highest BCUT2D eigenvalue weighted by atomic mass is 14.8. The van der Waals surface area contributed by atoms with Crippen LogP contribution in [0.2, 0.25) is 0 Å². The molecule has 2 nitrogen and oxygen atoms in total. The minimum atomic E-state index is -0.513. The fraction of sp³-hybridized carbons (Fsp3) is 0.364. The molecule has 1 unspecified atom stereocenters. The standard InChI is InChI=1S/C11H16N2/c1-9(12)11(2,13)8-10-6-4-3-5-7-10/h3-7,12H,8,13H2,1-2H3. The van der Waals surface area contributed by atoms with Gasteiger partial charge < -0.3 is 11.1 Å². The summed E-state index contributed by atoms with van der Waals surface area (Å²) in [5.41, 5.74) is 7.16. The molecule has 2 heteroatoms. The van der Waals surface area contributed by atoms with Crippen molar-refractivity contribution in [2.75, 3.05) is 0 Å². The molecular weight excluding hydrogens is 160 g/mol. The van der Waals surface area contributed by atoms with Gasteiger partial charge in [-0.3, -0.25) is 0 Å². The topological polar surface area (TPSA) is 49.9 Å². The second-order valence-electron chi connectivity index (χ2n) is 3.70. The number of benzene rings is 1. The minimum absolute atomic E-state index is 0.513.